The monoisotopic (exact) mass is 527 g/mol. The number of benzene rings is 3. The van der Waals surface area contributed by atoms with Crippen molar-refractivity contribution in [3.05, 3.63) is 86.3 Å². The van der Waals surface area contributed by atoms with E-state index in [2.05, 4.69) is 146 Å². The van der Waals surface area contributed by atoms with Gasteiger partial charge in [0, 0.05) is 15.8 Å². The number of hydrogen-bond donors (Lipinski definition) is 0. The van der Waals surface area contributed by atoms with Gasteiger partial charge < -0.3 is 4.90 Å². The Kier molecular flexibility index (Phi) is 6.55. The SMILES string of the molecule is Cc1cc(Br)c(Br)c(N(c2ccc(C(C)(C)C)cc2)c2ccc(C(C)(C)C)cc2)c1. The van der Waals surface area contributed by atoms with E-state index >= 15 is 0 Å². The second kappa shape index (κ2) is 8.51. The Morgan fingerprint density at radius 2 is 1.03 bits per heavy atom. The lowest BCUT2D eigenvalue weighted by molar-refractivity contribution is 0.590. The highest BCUT2D eigenvalue weighted by Gasteiger charge is 2.20. The molecule has 0 radical (unpaired) electrons. The molecular weight excluding hydrogens is 498 g/mol. The molecule has 0 aromatic heterocycles. The Morgan fingerprint density at radius 3 is 1.40 bits per heavy atom. The van der Waals surface area contributed by atoms with E-state index in [0.717, 1.165) is 26.0 Å². The van der Waals surface area contributed by atoms with Gasteiger partial charge in [-0.05, 0) is 103 Å². The molecule has 0 aliphatic rings. The van der Waals surface area contributed by atoms with Gasteiger partial charge in [0.05, 0.1) is 10.2 Å². The molecule has 0 unspecified atom stereocenters. The van der Waals surface area contributed by atoms with Crippen LogP contribution in [-0.4, -0.2) is 0 Å². The lowest BCUT2D eigenvalue weighted by Gasteiger charge is -2.29. The van der Waals surface area contributed by atoms with Gasteiger partial charge in [0.2, 0.25) is 0 Å². The second-order valence-corrected chi connectivity index (χ2v) is 11.7. The first kappa shape index (κ1) is 23.1. The van der Waals surface area contributed by atoms with Crippen LogP contribution in [0.5, 0.6) is 0 Å². The van der Waals surface area contributed by atoms with E-state index in [0.29, 0.717) is 0 Å². The third-order valence-electron chi connectivity index (χ3n) is 5.38. The third-order valence-corrected chi connectivity index (χ3v) is 7.37. The van der Waals surface area contributed by atoms with E-state index < -0.39 is 0 Å². The summed E-state index contributed by atoms with van der Waals surface area (Å²) in [5.74, 6) is 0. The first-order valence-corrected chi connectivity index (χ1v) is 11.9. The molecule has 0 saturated carbocycles. The summed E-state index contributed by atoms with van der Waals surface area (Å²) in [6.07, 6.45) is 0. The maximum atomic E-state index is 3.81. The van der Waals surface area contributed by atoms with E-state index in [1.54, 1.807) is 0 Å². The molecule has 0 N–H and O–H groups in total. The summed E-state index contributed by atoms with van der Waals surface area (Å²) in [7, 11) is 0. The average Bonchev–Trinajstić information content (AvgIpc) is 2.65. The normalized spacial score (nSPS) is 12.2. The van der Waals surface area contributed by atoms with Crippen LogP contribution in [0.1, 0.15) is 58.2 Å². The third kappa shape index (κ3) is 5.00. The summed E-state index contributed by atoms with van der Waals surface area (Å²) in [5.41, 5.74) is 7.54. The molecular formula is C27H31Br2N. The topological polar surface area (TPSA) is 3.24 Å². The van der Waals surface area contributed by atoms with Crippen molar-refractivity contribution in [2.45, 2.75) is 59.3 Å². The van der Waals surface area contributed by atoms with E-state index in [4.69, 9.17) is 0 Å². The van der Waals surface area contributed by atoms with Crippen LogP contribution in [0.2, 0.25) is 0 Å². The molecule has 3 aromatic carbocycles. The first-order valence-electron chi connectivity index (χ1n) is 10.3. The molecule has 0 aliphatic heterocycles. The van der Waals surface area contributed by atoms with Crippen molar-refractivity contribution in [3.8, 4) is 0 Å². The zero-order valence-electron chi connectivity index (χ0n) is 19.0. The van der Waals surface area contributed by atoms with Gasteiger partial charge in [0.15, 0.2) is 0 Å². The Balaban J connectivity index is 2.17. The van der Waals surface area contributed by atoms with Gasteiger partial charge in [0.1, 0.15) is 0 Å². The van der Waals surface area contributed by atoms with Crippen LogP contribution >= 0.6 is 31.9 Å². The summed E-state index contributed by atoms with van der Waals surface area (Å²) < 4.78 is 2.10. The van der Waals surface area contributed by atoms with Crippen molar-refractivity contribution in [3.63, 3.8) is 0 Å². The lowest BCUT2D eigenvalue weighted by Crippen LogP contribution is -2.15. The van der Waals surface area contributed by atoms with Crippen molar-refractivity contribution in [1.82, 2.24) is 0 Å². The molecule has 30 heavy (non-hydrogen) atoms. The molecule has 0 spiro atoms. The number of halogens is 2. The summed E-state index contributed by atoms with van der Waals surface area (Å²) in [5, 5.41) is 0. The minimum absolute atomic E-state index is 0.130. The molecule has 0 bridgehead atoms. The van der Waals surface area contributed by atoms with Gasteiger partial charge in [-0.1, -0.05) is 65.8 Å². The maximum absolute atomic E-state index is 3.81. The Bertz CT molecular complexity index is 963. The predicted molar refractivity (Wildman–Crippen MR) is 139 cm³/mol. The number of hydrogen-bond acceptors (Lipinski definition) is 1. The molecule has 0 heterocycles. The van der Waals surface area contributed by atoms with Crippen LogP contribution in [0.4, 0.5) is 17.1 Å². The van der Waals surface area contributed by atoms with Crippen LogP contribution in [0, 0.1) is 6.92 Å². The van der Waals surface area contributed by atoms with Crippen molar-refractivity contribution in [1.29, 1.82) is 0 Å². The molecule has 0 amide bonds. The summed E-state index contributed by atoms with van der Waals surface area (Å²) in [6.45, 7) is 15.6. The highest BCUT2D eigenvalue weighted by molar-refractivity contribution is 9.13. The van der Waals surface area contributed by atoms with Crippen molar-refractivity contribution in [2.75, 3.05) is 4.90 Å². The standard InChI is InChI=1S/C27H31Br2N/c1-18-16-23(28)25(29)24(17-18)30(21-12-8-19(9-13-21)26(2,3)4)22-14-10-20(11-15-22)27(5,6)7/h8-17H,1-7H3. The largest absolute Gasteiger partial charge is 0.309 e. The molecule has 3 heteroatoms. The van der Waals surface area contributed by atoms with E-state index in [1.807, 2.05) is 0 Å². The Hall–Kier alpha value is -1.58. The number of anilines is 3. The summed E-state index contributed by atoms with van der Waals surface area (Å²) >= 11 is 7.53. The fraction of sp³-hybridized carbons (Fsp3) is 0.333. The minimum atomic E-state index is 0.130. The molecule has 0 saturated heterocycles. The predicted octanol–water partition coefficient (Wildman–Crippen LogP) is 9.58. The van der Waals surface area contributed by atoms with E-state index in [1.165, 1.54) is 16.7 Å². The van der Waals surface area contributed by atoms with Crippen molar-refractivity contribution < 1.29 is 0 Å². The van der Waals surface area contributed by atoms with E-state index in [9.17, 15) is 0 Å². The van der Waals surface area contributed by atoms with Gasteiger partial charge in [-0.25, -0.2) is 0 Å². The smallest absolute Gasteiger partial charge is 0.0617 e. The molecule has 158 valence electrons. The van der Waals surface area contributed by atoms with E-state index in [-0.39, 0.29) is 10.8 Å². The maximum Gasteiger partial charge on any atom is 0.0617 e. The molecule has 0 atom stereocenters. The fourth-order valence-electron chi connectivity index (χ4n) is 3.52. The van der Waals surface area contributed by atoms with Crippen LogP contribution in [-0.2, 0) is 10.8 Å². The highest BCUT2D eigenvalue weighted by atomic mass is 79.9. The van der Waals surface area contributed by atoms with Crippen LogP contribution in [0.25, 0.3) is 0 Å². The Labute approximate surface area is 198 Å². The lowest BCUT2D eigenvalue weighted by atomic mass is 9.86. The van der Waals surface area contributed by atoms with Crippen molar-refractivity contribution >= 4 is 48.9 Å². The van der Waals surface area contributed by atoms with Crippen LogP contribution in [0.15, 0.2) is 69.6 Å². The number of aryl methyl sites for hydroxylation is 1. The van der Waals surface area contributed by atoms with Crippen LogP contribution in [0.3, 0.4) is 0 Å². The number of rotatable bonds is 3. The quantitative estimate of drug-likeness (QED) is 0.327. The van der Waals surface area contributed by atoms with Gasteiger partial charge in [-0.15, -0.1) is 0 Å². The molecule has 3 rings (SSSR count). The summed E-state index contributed by atoms with van der Waals surface area (Å²) in [4.78, 5) is 2.32. The van der Waals surface area contributed by atoms with Gasteiger partial charge in [-0.3, -0.25) is 0 Å². The molecule has 0 aliphatic carbocycles. The first-order chi connectivity index (χ1) is 13.9. The van der Waals surface area contributed by atoms with Gasteiger partial charge in [0.25, 0.3) is 0 Å². The highest BCUT2D eigenvalue weighted by Crippen LogP contribution is 2.43. The molecule has 0 fully saturated rings. The fourth-order valence-corrected chi connectivity index (χ4v) is 4.49. The Morgan fingerprint density at radius 1 is 0.633 bits per heavy atom. The van der Waals surface area contributed by atoms with Crippen LogP contribution < -0.4 is 4.90 Å². The zero-order chi connectivity index (χ0) is 22.3. The summed E-state index contributed by atoms with van der Waals surface area (Å²) in [6, 6.07) is 22.2. The molecule has 1 nitrogen and oxygen atoms in total. The minimum Gasteiger partial charge on any atom is -0.309 e. The molecule has 3 aromatic rings. The zero-order valence-corrected chi connectivity index (χ0v) is 22.1. The van der Waals surface area contributed by atoms with Gasteiger partial charge >= 0.3 is 0 Å². The van der Waals surface area contributed by atoms with Gasteiger partial charge in [-0.2, -0.15) is 0 Å². The number of nitrogens with zero attached hydrogens (tertiary/aromatic N) is 1. The van der Waals surface area contributed by atoms with Crippen molar-refractivity contribution in [2.24, 2.45) is 0 Å². The second-order valence-electron chi connectivity index (χ2n) is 10.0. The average molecular weight is 529 g/mol.